The molecule has 2 heterocycles. The molecule has 1 aromatic heterocycles. The van der Waals surface area contributed by atoms with Crippen molar-refractivity contribution < 1.29 is 13.2 Å². The zero-order valence-corrected chi connectivity index (χ0v) is 18.4. The van der Waals surface area contributed by atoms with Crippen LogP contribution in [-0.2, 0) is 14.8 Å². The van der Waals surface area contributed by atoms with Crippen LogP contribution in [0.3, 0.4) is 0 Å². The SMILES string of the molecule is C[C@H]1CCCN(C(=O)C2CCC(CNS(=O)(=O)c3cccc4cccnc34)CC2)C1. The van der Waals surface area contributed by atoms with Crippen LogP contribution in [0.4, 0.5) is 0 Å². The predicted octanol–water partition coefficient (Wildman–Crippen LogP) is 3.58. The van der Waals surface area contributed by atoms with E-state index in [0.717, 1.165) is 50.6 Å². The van der Waals surface area contributed by atoms with Crippen LogP contribution >= 0.6 is 0 Å². The van der Waals surface area contributed by atoms with E-state index in [-0.39, 0.29) is 16.7 Å². The first kappa shape index (κ1) is 21.2. The van der Waals surface area contributed by atoms with E-state index < -0.39 is 10.0 Å². The van der Waals surface area contributed by atoms with Crippen LogP contribution < -0.4 is 4.72 Å². The van der Waals surface area contributed by atoms with Crippen molar-refractivity contribution in [1.29, 1.82) is 0 Å². The molecule has 1 amide bonds. The van der Waals surface area contributed by atoms with Crippen LogP contribution in [-0.4, -0.2) is 43.8 Å². The maximum absolute atomic E-state index is 12.9. The number of rotatable bonds is 5. The molecule has 4 rings (SSSR count). The molecule has 2 aromatic rings. The van der Waals surface area contributed by atoms with Crippen molar-refractivity contribution >= 4 is 26.8 Å². The van der Waals surface area contributed by atoms with Crippen molar-refractivity contribution in [2.75, 3.05) is 19.6 Å². The van der Waals surface area contributed by atoms with Gasteiger partial charge in [-0.2, -0.15) is 0 Å². The summed E-state index contributed by atoms with van der Waals surface area (Å²) in [6.07, 6.45) is 7.41. The number of fused-ring (bicyclic) bond motifs is 1. The molecule has 1 aliphatic carbocycles. The lowest BCUT2D eigenvalue weighted by Gasteiger charge is -2.36. The fourth-order valence-electron chi connectivity index (χ4n) is 4.86. The number of nitrogens with zero attached hydrogens (tertiary/aromatic N) is 2. The van der Waals surface area contributed by atoms with Gasteiger partial charge in [-0.15, -0.1) is 0 Å². The van der Waals surface area contributed by atoms with Gasteiger partial charge in [-0.05, 0) is 62.5 Å². The largest absolute Gasteiger partial charge is 0.342 e. The first-order valence-electron chi connectivity index (χ1n) is 11.1. The molecule has 1 atom stereocenters. The predicted molar refractivity (Wildman–Crippen MR) is 117 cm³/mol. The number of amides is 1. The van der Waals surface area contributed by atoms with Crippen LogP contribution in [0.1, 0.15) is 45.4 Å². The van der Waals surface area contributed by atoms with Crippen LogP contribution in [0.5, 0.6) is 0 Å². The third-order valence-electron chi connectivity index (χ3n) is 6.61. The number of likely N-dealkylation sites (tertiary alicyclic amines) is 1. The molecule has 0 unspecified atom stereocenters. The molecule has 1 N–H and O–H groups in total. The van der Waals surface area contributed by atoms with Gasteiger partial charge in [0.2, 0.25) is 15.9 Å². The van der Waals surface area contributed by atoms with Crippen molar-refractivity contribution in [3.8, 4) is 0 Å². The van der Waals surface area contributed by atoms with Crippen molar-refractivity contribution in [2.45, 2.75) is 50.3 Å². The highest BCUT2D eigenvalue weighted by atomic mass is 32.2. The van der Waals surface area contributed by atoms with Gasteiger partial charge in [0.25, 0.3) is 0 Å². The quantitative estimate of drug-likeness (QED) is 0.788. The second-order valence-corrected chi connectivity index (χ2v) is 10.7. The number of piperidine rings is 1. The fraction of sp³-hybridized carbons (Fsp3) is 0.565. The molecule has 162 valence electrons. The van der Waals surface area contributed by atoms with Crippen LogP contribution in [0.25, 0.3) is 10.9 Å². The van der Waals surface area contributed by atoms with E-state index >= 15 is 0 Å². The Morgan fingerprint density at radius 1 is 1.13 bits per heavy atom. The van der Waals surface area contributed by atoms with E-state index in [9.17, 15) is 13.2 Å². The average molecular weight is 430 g/mol. The van der Waals surface area contributed by atoms with Gasteiger partial charge in [0.05, 0.1) is 5.52 Å². The number of benzene rings is 1. The van der Waals surface area contributed by atoms with Gasteiger partial charge in [0.15, 0.2) is 0 Å². The lowest BCUT2D eigenvalue weighted by atomic mass is 9.81. The smallest absolute Gasteiger partial charge is 0.242 e. The first-order chi connectivity index (χ1) is 14.4. The highest BCUT2D eigenvalue weighted by Crippen LogP contribution is 2.31. The highest BCUT2D eigenvalue weighted by molar-refractivity contribution is 7.89. The lowest BCUT2D eigenvalue weighted by Crippen LogP contribution is -2.43. The van der Waals surface area contributed by atoms with Gasteiger partial charge in [0, 0.05) is 37.1 Å². The monoisotopic (exact) mass is 429 g/mol. The Labute approximate surface area is 179 Å². The number of pyridine rings is 1. The number of carbonyl (C=O) groups is 1. The fourth-order valence-corrected chi connectivity index (χ4v) is 6.15. The van der Waals surface area contributed by atoms with Gasteiger partial charge in [-0.25, -0.2) is 13.1 Å². The Morgan fingerprint density at radius 3 is 2.67 bits per heavy atom. The summed E-state index contributed by atoms with van der Waals surface area (Å²) in [5.74, 6) is 1.27. The lowest BCUT2D eigenvalue weighted by molar-refractivity contribution is -0.138. The number of aromatic nitrogens is 1. The number of carbonyl (C=O) groups excluding carboxylic acids is 1. The molecule has 0 bridgehead atoms. The molecule has 1 aliphatic heterocycles. The molecule has 1 saturated carbocycles. The first-order valence-corrected chi connectivity index (χ1v) is 12.5. The number of hydrogen-bond acceptors (Lipinski definition) is 4. The maximum Gasteiger partial charge on any atom is 0.242 e. The molecule has 6 nitrogen and oxygen atoms in total. The molecule has 2 aliphatic rings. The third kappa shape index (κ3) is 4.67. The Morgan fingerprint density at radius 2 is 1.90 bits per heavy atom. The van der Waals surface area contributed by atoms with Gasteiger partial charge in [-0.1, -0.05) is 25.1 Å². The maximum atomic E-state index is 12.9. The average Bonchev–Trinajstić information content (AvgIpc) is 2.77. The van der Waals surface area contributed by atoms with Gasteiger partial charge in [-0.3, -0.25) is 9.78 Å². The van der Waals surface area contributed by atoms with Gasteiger partial charge >= 0.3 is 0 Å². The summed E-state index contributed by atoms with van der Waals surface area (Å²) in [5.41, 5.74) is 0.498. The zero-order chi connectivity index (χ0) is 21.1. The van der Waals surface area contributed by atoms with E-state index in [1.54, 1.807) is 24.4 Å². The van der Waals surface area contributed by atoms with Crippen molar-refractivity contribution in [3.05, 3.63) is 36.5 Å². The minimum atomic E-state index is -3.63. The van der Waals surface area contributed by atoms with E-state index in [4.69, 9.17) is 0 Å². The summed E-state index contributed by atoms with van der Waals surface area (Å²) in [7, 11) is -3.63. The molecule has 7 heteroatoms. The zero-order valence-electron chi connectivity index (χ0n) is 17.6. The van der Waals surface area contributed by atoms with E-state index in [2.05, 4.69) is 21.5 Å². The molecule has 1 saturated heterocycles. The van der Waals surface area contributed by atoms with Gasteiger partial charge in [0.1, 0.15) is 4.90 Å². The van der Waals surface area contributed by atoms with Crippen LogP contribution in [0, 0.1) is 17.8 Å². The Kier molecular flexibility index (Phi) is 6.39. The number of para-hydroxylation sites is 1. The van der Waals surface area contributed by atoms with E-state index in [1.165, 1.54) is 6.42 Å². The number of nitrogens with one attached hydrogen (secondary N) is 1. The van der Waals surface area contributed by atoms with Crippen molar-refractivity contribution in [2.24, 2.45) is 17.8 Å². The summed E-state index contributed by atoms with van der Waals surface area (Å²) in [6.45, 7) is 4.40. The Balaban J connectivity index is 1.32. The normalized spacial score (nSPS) is 25.4. The highest BCUT2D eigenvalue weighted by Gasteiger charge is 2.31. The minimum Gasteiger partial charge on any atom is -0.342 e. The van der Waals surface area contributed by atoms with Gasteiger partial charge < -0.3 is 4.90 Å². The summed E-state index contributed by atoms with van der Waals surface area (Å²) in [6, 6.07) is 8.88. The second-order valence-electron chi connectivity index (χ2n) is 8.93. The molecular formula is C23H31N3O3S. The Bertz CT molecular complexity index is 994. The minimum absolute atomic E-state index is 0.102. The van der Waals surface area contributed by atoms with E-state index in [1.807, 2.05) is 12.1 Å². The number of hydrogen-bond donors (Lipinski definition) is 1. The van der Waals surface area contributed by atoms with Crippen LogP contribution in [0.2, 0.25) is 0 Å². The molecule has 0 radical (unpaired) electrons. The molecule has 1 aromatic carbocycles. The van der Waals surface area contributed by atoms with Crippen molar-refractivity contribution in [3.63, 3.8) is 0 Å². The van der Waals surface area contributed by atoms with Crippen molar-refractivity contribution in [1.82, 2.24) is 14.6 Å². The Hall–Kier alpha value is -1.99. The summed E-state index contributed by atoms with van der Waals surface area (Å²) in [5, 5.41) is 0.812. The molecular weight excluding hydrogens is 398 g/mol. The third-order valence-corrected chi connectivity index (χ3v) is 8.07. The summed E-state index contributed by atoms with van der Waals surface area (Å²) in [4.78, 5) is 19.4. The number of sulfonamides is 1. The molecule has 0 spiro atoms. The van der Waals surface area contributed by atoms with E-state index in [0.29, 0.717) is 23.9 Å². The second kappa shape index (κ2) is 9.02. The standard InChI is InChI=1S/C23H31N3O3S/c1-17-5-4-14-26(16-17)23(27)20-11-9-18(10-12-20)15-25-30(28,29)21-8-2-6-19-7-3-13-24-22(19)21/h2-3,6-8,13,17-18,20,25H,4-5,9-12,14-16H2,1H3/t17-,18?,20?/m0/s1. The molecule has 2 fully saturated rings. The summed E-state index contributed by atoms with van der Waals surface area (Å²) >= 11 is 0. The molecule has 30 heavy (non-hydrogen) atoms. The van der Waals surface area contributed by atoms with Crippen LogP contribution in [0.15, 0.2) is 41.4 Å². The summed E-state index contributed by atoms with van der Waals surface area (Å²) < 4.78 is 28.6. The topological polar surface area (TPSA) is 79.4 Å².